The smallest absolute Gasteiger partial charge is 0.331 e. The Labute approximate surface area is 168 Å². The molecular weight excluding hydrogens is 376 g/mol. The summed E-state index contributed by atoms with van der Waals surface area (Å²) < 4.78 is 7.85. The Hall–Kier alpha value is -2.42. The van der Waals surface area contributed by atoms with E-state index < -0.39 is 16.7 Å². The molecule has 9 heteroatoms. The second kappa shape index (κ2) is 7.44. The van der Waals surface area contributed by atoms with Gasteiger partial charge < -0.3 is 9.64 Å². The van der Waals surface area contributed by atoms with Gasteiger partial charge in [-0.2, -0.15) is 0 Å². The van der Waals surface area contributed by atoms with Gasteiger partial charge in [-0.15, -0.1) is 0 Å². The molecule has 1 aromatic heterocycles. The number of likely N-dealkylation sites (tertiary alicyclic amines) is 2. The molecular formula is C20H28N4O5. The molecule has 4 heterocycles. The van der Waals surface area contributed by atoms with E-state index in [4.69, 9.17) is 4.74 Å². The van der Waals surface area contributed by atoms with Crippen molar-refractivity contribution in [3.63, 3.8) is 0 Å². The molecule has 1 amide bonds. The number of piperidine rings is 1. The van der Waals surface area contributed by atoms with Crippen molar-refractivity contribution in [2.75, 3.05) is 32.7 Å². The van der Waals surface area contributed by atoms with Gasteiger partial charge in [0.15, 0.2) is 0 Å². The number of aromatic nitrogens is 2. The van der Waals surface area contributed by atoms with Gasteiger partial charge in [-0.25, -0.2) is 4.79 Å². The Morgan fingerprint density at radius 3 is 2.38 bits per heavy atom. The average Bonchev–Trinajstić information content (AvgIpc) is 3.31. The molecule has 1 unspecified atom stereocenters. The van der Waals surface area contributed by atoms with Crippen LogP contribution in [0.1, 0.15) is 42.6 Å². The van der Waals surface area contributed by atoms with Gasteiger partial charge in [-0.05, 0) is 38.8 Å². The van der Waals surface area contributed by atoms with Crippen molar-refractivity contribution in [2.24, 2.45) is 19.5 Å². The first-order valence-electron chi connectivity index (χ1n) is 10.3. The molecule has 0 bridgehead atoms. The summed E-state index contributed by atoms with van der Waals surface area (Å²) in [6.45, 7) is 3.75. The van der Waals surface area contributed by atoms with Crippen molar-refractivity contribution in [1.82, 2.24) is 18.9 Å². The number of rotatable bonds is 3. The third kappa shape index (κ3) is 3.52. The van der Waals surface area contributed by atoms with Crippen LogP contribution >= 0.6 is 0 Å². The molecule has 3 aliphatic heterocycles. The Morgan fingerprint density at radius 2 is 1.72 bits per heavy atom. The highest BCUT2D eigenvalue weighted by Crippen LogP contribution is 2.43. The highest BCUT2D eigenvalue weighted by Gasteiger charge is 2.51. The minimum absolute atomic E-state index is 0.0687. The van der Waals surface area contributed by atoms with Crippen LogP contribution < -0.4 is 11.2 Å². The van der Waals surface area contributed by atoms with E-state index in [1.165, 1.54) is 37.6 Å². The fourth-order valence-corrected chi connectivity index (χ4v) is 4.84. The second-order valence-corrected chi connectivity index (χ2v) is 8.58. The summed E-state index contributed by atoms with van der Waals surface area (Å²) in [6, 6.07) is 1.20. The van der Waals surface area contributed by atoms with Crippen LogP contribution in [-0.2, 0) is 23.6 Å². The van der Waals surface area contributed by atoms with Crippen molar-refractivity contribution in [2.45, 2.75) is 38.2 Å². The predicted molar refractivity (Wildman–Crippen MR) is 105 cm³/mol. The maximum Gasteiger partial charge on any atom is 0.331 e. The number of carbonyl (C=O) groups excluding carboxylic acids is 2. The Morgan fingerprint density at radius 1 is 1.07 bits per heavy atom. The van der Waals surface area contributed by atoms with Crippen LogP contribution in [0.4, 0.5) is 0 Å². The number of nitrogens with zero attached hydrogens (tertiary/aromatic N) is 4. The first-order chi connectivity index (χ1) is 13.8. The zero-order valence-corrected chi connectivity index (χ0v) is 17.1. The summed E-state index contributed by atoms with van der Waals surface area (Å²) in [5, 5.41) is 0. The quantitative estimate of drug-likeness (QED) is 0.643. The zero-order valence-electron chi connectivity index (χ0n) is 17.1. The van der Waals surface area contributed by atoms with Crippen LogP contribution in [-0.4, -0.2) is 69.6 Å². The van der Waals surface area contributed by atoms with E-state index in [1.54, 1.807) is 4.90 Å². The number of amides is 1. The van der Waals surface area contributed by atoms with Gasteiger partial charge in [0.1, 0.15) is 11.8 Å². The molecule has 0 radical (unpaired) electrons. The SMILES string of the molecule is Cn1c(C(=O)N2CCC3(CC2)CC(CN2CCCC2)OC3=O)cc(=O)n(C)c1=O. The van der Waals surface area contributed by atoms with Gasteiger partial charge in [-0.3, -0.25) is 28.4 Å². The lowest BCUT2D eigenvalue weighted by molar-refractivity contribution is -0.151. The lowest BCUT2D eigenvalue weighted by Crippen LogP contribution is -2.47. The number of cyclic esters (lactones) is 1. The monoisotopic (exact) mass is 404 g/mol. The van der Waals surface area contributed by atoms with Gasteiger partial charge in [0.25, 0.3) is 11.5 Å². The van der Waals surface area contributed by atoms with Crippen molar-refractivity contribution in [3.05, 3.63) is 32.6 Å². The lowest BCUT2D eigenvalue weighted by atomic mass is 9.76. The lowest BCUT2D eigenvalue weighted by Gasteiger charge is -2.36. The third-order valence-corrected chi connectivity index (χ3v) is 6.74. The molecule has 3 saturated heterocycles. The van der Waals surface area contributed by atoms with Crippen LogP contribution in [0.15, 0.2) is 15.7 Å². The summed E-state index contributed by atoms with van der Waals surface area (Å²) in [5.74, 6) is -0.494. The van der Waals surface area contributed by atoms with Crippen molar-refractivity contribution in [1.29, 1.82) is 0 Å². The first kappa shape index (κ1) is 19.9. The van der Waals surface area contributed by atoms with Gasteiger partial charge >= 0.3 is 11.7 Å². The molecule has 3 aliphatic rings. The molecule has 158 valence electrons. The average molecular weight is 404 g/mol. The molecule has 3 fully saturated rings. The Kier molecular flexibility index (Phi) is 5.10. The maximum absolute atomic E-state index is 12.9. The van der Waals surface area contributed by atoms with Crippen LogP contribution in [0.3, 0.4) is 0 Å². The first-order valence-corrected chi connectivity index (χ1v) is 10.3. The molecule has 1 aromatic rings. The Bertz CT molecular complexity index is 935. The van der Waals surface area contributed by atoms with E-state index in [0.717, 1.165) is 24.2 Å². The zero-order chi connectivity index (χ0) is 20.8. The highest BCUT2D eigenvalue weighted by molar-refractivity contribution is 5.92. The summed E-state index contributed by atoms with van der Waals surface area (Å²) in [7, 11) is 2.87. The number of hydrogen-bond donors (Lipinski definition) is 0. The molecule has 0 N–H and O–H groups in total. The minimum atomic E-state index is -0.529. The van der Waals surface area contributed by atoms with Crippen LogP contribution in [0.5, 0.6) is 0 Å². The highest BCUT2D eigenvalue weighted by atomic mass is 16.6. The normalized spacial score (nSPS) is 24.3. The van der Waals surface area contributed by atoms with E-state index in [-0.39, 0.29) is 23.7 Å². The van der Waals surface area contributed by atoms with E-state index in [0.29, 0.717) is 32.4 Å². The van der Waals surface area contributed by atoms with Crippen LogP contribution in [0, 0.1) is 5.41 Å². The molecule has 1 atom stereocenters. The number of ether oxygens (including phenoxy) is 1. The van der Waals surface area contributed by atoms with Gasteiger partial charge in [0.2, 0.25) is 0 Å². The van der Waals surface area contributed by atoms with E-state index in [2.05, 4.69) is 4.90 Å². The second-order valence-electron chi connectivity index (χ2n) is 8.58. The summed E-state index contributed by atoms with van der Waals surface area (Å²) in [6.07, 6.45) is 4.14. The van der Waals surface area contributed by atoms with E-state index in [1.807, 2.05) is 0 Å². The van der Waals surface area contributed by atoms with Crippen molar-refractivity contribution < 1.29 is 14.3 Å². The summed E-state index contributed by atoms with van der Waals surface area (Å²) in [4.78, 5) is 53.6. The fourth-order valence-electron chi connectivity index (χ4n) is 4.84. The Balaban J connectivity index is 1.43. The molecule has 0 aliphatic carbocycles. The molecule has 9 nitrogen and oxygen atoms in total. The standard InChI is InChI=1S/C20H28N4O5/c1-21-15(11-16(25)22(2)19(21)28)17(26)24-9-5-20(6-10-24)12-14(29-18(20)27)13-23-7-3-4-8-23/h11,14H,3-10,12-13H2,1-2H3. The van der Waals surface area contributed by atoms with E-state index >= 15 is 0 Å². The number of esters is 1. The topological polar surface area (TPSA) is 93.8 Å². The fraction of sp³-hybridized carbons (Fsp3) is 0.700. The van der Waals surface area contributed by atoms with E-state index in [9.17, 15) is 19.2 Å². The summed E-state index contributed by atoms with van der Waals surface area (Å²) >= 11 is 0. The van der Waals surface area contributed by atoms with Crippen LogP contribution in [0.25, 0.3) is 0 Å². The molecule has 0 saturated carbocycles. The summed E-state index contributed by atoms with van der Waals surface area (Å²) in [5.41, 5.74) is -1.47. The largest absolute Gasteiger partial charge is 0.461 e. The van der Waals surface area contributed by atoms with Crippen LogP contribution in [0.2, 0.25) is 0 Å². The number of hydrogen-bond acceptors (Lipinski definition) is 6. The van der Waals surface area contributed by atoms with Gasteiger partial charge in [0.05, 0.1) is 5.41 Å². The third-order valence-electron chi connectivity index (χ3n) is 6.74. The van der Waals surface area contributed by atoms with Gasteiger partial charge in [0, 0.05) is 46.2 Å². The molecule has 1 spiro atoms. The van der Waals surface area contributed by atoms with Crippen molar-refractivity contribution in [3.8, 4) is 0 Å². The predicted octanol–water partition coefficient (Wildman–Crippen LogP) is -0.282. The van der Waals surface area contributed by atoms with Crippen molar-refractivity contribution >= 4 is 11.9 Å². The number of carbonyl (C=O) groups is 2. The molecule has 4 rings (SSSR count). The van der Waals surface area contributed by atoms with Gasteiger partial charge in [-0.1, -0.05) is 0 Å². The molecule has 0 aromatic carbocycles. The molecule has 29 heavy (non-hydrogen) atoms. The minimum Gasteiger partial charge on any atom is -0.461 e. The maximum atomic E-state index is 12.9.